The lowest BCUT2D eigenvalue weighted by atomic mass is 9.86. The Kier molecular flexibility index (Phi) is 5.85. The summed E-state index contributed by atoms with van der Waals surface area (Å²) in [6.07, 6.45) is 1.88. The first-order valence-corrected chi connectivity index (χ1v) is 15.4. The summed E-state index contributed by atoms with van der Waals surface area (Å²) in [5, 5.41) is 7.45. The van der Waals surface area contributed by atoms with Crippen molar-refractivity contribution in [3.8, 4) is 39.1 Å². The van der Waals surface area contributed by atoms with Crippen LogP contribution < -0.4 is 0 Å². The number of benzene rings is 7. The molecule has 0 radical (unpaired) electrons. The molecule has 0 aliphatic carbocycles. The highest BCUT2D eigenvalue weighted by atomic mass is 15.0. The van der Waals surface area contributed by atoms with Crippen molar-refractivity contribution in [3.63, 3.8) is 0 Å². The molecule has 2 heterocycles. The molecule has 0 saturated carbocycles. The number of aromatic nitrogens is 2. The van der Waals surface area contributed by atoms with E-state index in [2.05, 4.69) is 162 Å². The van der Waals surface area contributed by atoms with Crippen molar-refractivity contribution in [3.05, 3.63) is 170 Å². The van der Waals surface area contributed by atoms with E-state index in [0.717, 1.165) is 22.2 Å². The Labute approximate surface area is 261 Å². The zero-order valence-corrected chi connectivity index (χ0v) is 24.6. The molecule has 7 aromatic carbocycles. The highest BCUT2D eigenvalue weighted by Crippen LogP contribution is 2.44. The van der Waals surface area contributed by atoms with Crippen molar-refractivity contribution in [2.75, 3.05) is 0 Å². The molecule has 9 rings (SSSR count). The van der Waals surface area contributed by atoms with Crippen LogP contribution in [0, 0.1) is 0 Å². The zero-order valence-electron chi connectivity index (χ0n) is 24.6. The smallest absolute Gasteiger partial charge is 0.145 e. The van der Waals surface area contributed by atoms with E-state index in [9.17, 15) is 0 Å². The highest BCUT2D eigenvalue weighted by molar-refractivity contribution is 6.21. The van der Waals surface area contributed by atoms with Crippen LogP contribution in [0.3, 0.4) is 0 Å². The van der Waals surface area contributed by atoms with Crippen LogP contribution in [0.1, 0.15) is 0 Å². The van der Waals surface area contributed by atoms with Gasteiger partial charge in [0, 0.05) is 22.7 Å². The highest BCUT2D eigenvalue weighted by Gasteiger charge is 2.17. The topological polar surface area (TPSA) is 17.8 Å². The molecule has 0 spiro atoms. The molecule has 2 nitrogen and oxygen atoms in total. The number of nitrogens with zero attached hydrogens (tertiary/aromatic N) is 2. The summed E-state index contributed by atoms with van der Waals surface area (Å²) in [5.74, 6) is 0. The number of hydrogen-bond acceptors (Lipinski definition) is 1. The molecule has 0 aliphatic heterocycles. The number of hydrogen-bond donors (Lipinski definition) is 0. The Balaban J connectivity index is 1.20. The summed E-state index contributed by atoms with van der Waals surface area (Å²) in [5.41, 5.74) is 10.7. The van der Waals surface area contributed by atoms with Crippen molar-refractivity contribution in [2.24, 2.45) is 0 Å². The van der Waals surface area contributed by atoms with Crippen LogP contribution in [0.15, 0.2) is 170 Å². The van der Waals surface area contributed by atoms with Gasteiger partial charge in [0.2, 0.25) is 0 Å². The summed E-state index contributed by atoms with van der Waals surface area (Å²) >= 11 is 0. The van der Waals surface area contributed by atoms with Crippen molar-refractivity contribution >= 4 is 43.5 Å². The average molecular weight is 573 g/mol. The van der Waals surface area contributed by atoms with Gasteiger partial charge in [-0.3, -0.25) is 4.57 Å². The fraction of sp³-hybridized carbons (Fsp3) is 0. The van der Waals surface area contributed by atoms with Gasteiger partial charge in [0.15, 0.2) is 0 Å². The molecule has 0 aliphatic rings. The Hall–Kier alpha value is -5.99. The van der Waals surface area contributed by atoms with Gasteiger partial charge in [-0.05, 0) is 91.3 Å². The fourth-order valence-corrected chi connectivity index (χ4v) is 7.05. The molecule has 0 amide bonds. The maximum absolute atomic E-state index is 4.78. The normalized spacial score (nSPS) is 11.6. The predicted octanol–water partition coefficient (Wildman–Crippen LogP) is 11.5. The zero-order chi connectivity index (χ0) is 29.7. The molecule has 45 heavy (non-hydrogen) atoms. The van der Waals surface area contributed by atoms with E-state index in [1.54, 1.807) is 0 Å². The van der Waals surface area contributed by atoms with Crippen LogP contribution in [0.5, 0.6) is 0 Å². The molecule has 9 aromatic rings. The summed E-state index contributed by atoms with van der Waals surface area (Å²) in [4.78, 5) is 4.78. The first kappa shape index (κ1) is 25.5. The maximum atomic E-state index is 4.78. The van der Waals surface area contributed by atoms with Crippen LogP contribution in [-0.2, 0) is 0 Å². The first-order chi connectivity index (χ1) is 22.3. The Morgan fingerprint density at radius 2 is 0.844 bits per heavy atom. The SMILES string of the molecule is c1ccc(-c2c3ccccc3c(-c3ccc(-c4ccc5c(c4)c4cccnc4n5-c4ccccc4)cc3)c3ccccc23)cc1. The molecule has 0 atom stereocenters. The van der Waals surface area contributed by atoms with Crippen molar-refractivity contribution in [1.29, 1.82) is 0 Å². The van der Waals surface area contributed by atoms with E-state index in [4.69, 9.17) is 4.98 Å². The Morgan fingerprint density at radius 1 is 0.356 bits per heavy atom. The van der Waals surface area contributed by atoms with Crippen LogP contribution in [0.4, 0.5) is 0 Å². The van der Waals surface area contributed by atoms with E-state index < -0.39 is 0 Å². The third-order valence-electron chi connectivity index (χ3n) is 9.04. The molecule has 0 unspecified atom stereocenters. The lowest BCUT2D eigenvalue weighted by Gasteiger charge is -2.18. The predicted molar refractivity (Wildman–Crippen MR) is 190 cm³/mol. The Bertz CT molecular complexity index is 2450. The molecular formula is C43H28N2. The van der Waals surface area contributed by atoms with Gasteiger partial charge in [0.1, 0.15) is 5.65 Å². The van der Waals surface area contributed by atoms with Gasteiger partial charge in [-0.25, -0.2) is 4.98 Å². The standard InChI is InChI=1S/C43H28N2/c1-3-12-30(13-4-1)41-34-16-7-9-18-36(34)42(37-19-10-8-17-35(37)41)31-23-21-29(22-24-31)32-25-26-40-39(28-32)38-20-11-27-44-43(38)45(40)33-14-5-2-6-15-33/h1-28H. The molecule has 0 saturated heterocycles. The summed E-state index contributed by atoms with van der Waals surface area (Å²) in [6, 6.07) is 59.0. The van der Waals surface area contributed by atoms with Crippen molar-refractivity contribution < 1.29 is 0 Å². The van der Waals surface area contributed by atoms with Gasteiger partial charge in [0.05, 0.1) is 5.52 Å². The van der Waals surface area contributed by atoms with E-state index in [-0.39, 0.29) is 0 Å². The van der Waals surface area contributed by atoms with Crippen LogP contribution in [0.2, 0.25) is 0 Å². The first-order valence-electron chi connectivity index (χ1n) is 15.4. The molecule has 0 fully saturated rings. The number of fused-ring (bicyclic) bond motifs is 5. The average Bonchev–Trinajstić information content (AvgIpc) is 3.45. The second-order valence-corrected chi connectivity index (χ2v) is 11.6. The Morgan fingerprint density at radius 3 is 1.47 bits per heavy atom. The minimum Gasteiger partial charge on any atom is -0.294 e. The number of rotatable bonds is 4. The minimum absolute atomic E-state index is 0.976. The molecule has 2 aromatic heterocycles. The minimum atomic E-state index is 0.976. The maximum Gasteiger partial charge on any atom is 0.145 e. The lowest BCUT2D eigenvalue weighted by Crippen LogP contribution is -1.94. The second kappa shape index (κ2) is 10.3. The van der Waals surface area contributed by atoms with Gasteiger partial charge in [-0.2, -0.15) is 0 Å². The monoisotopic (exact) mass is 572 g/mol. The molecular weight excluding hydrogens is 544 g/mol. The third-order valence-corrected chi connectivity index (χ3v) is 9.04. The quantitative estimate of drug-likeness (QED) is 0.192. The largest absolute Gasteiger partial charge is 0.294 e. The van der Waals surface area contributed by atoms with Gasteiger partial charge in [-0.1, -0.05) is 127 Å². The summed E-state index contributed by atoms with van der Waals surface area (Å²) in [7, 11) is 0. The molecule has 210 valence electrons. The van der Waals surface area contributed by atoms with Crippen LogP contribution in [0.25, 0.3) is 82.5 Å². The number of para-hydroxylation sites is 1. The van der Waals surface area contributed by atoms with E-state index in [1.165, 1.54) is 60.3 Å². The molecule has 2 heteroatoms. The van der Waals surface area contributed by atoms with Gasteiger partial charge < -0.3 is 0 Å². The van der Waals surface area contributed by atoms with Gasteiger partial charge in [0.25, 0.3) is 0 Å². The van der Waals surface area contributed by atoms with E-state index in [0.29, 0.717) is 0 Å². The van der Waals surface area contributed by atoms with Gasteiger partial charge in [-0.15, -0.1) is 0 Å². The number of pyridine rings is 1. The molecule has 0 N–H and O–H groups in total. The van der Waals surface area contributed by atoms with Gasteiger partial charge >= 0.3 is 0 Å². The summed E-state index contributed by atoms with van der Waals surface area (Å²) in [6.45, 7) is 0. The van der Waals surface area contributed by atoms with Crippen LogP contribution in [-0.4, -0.2) is 9.55 Å². The van der Waals surface area contributed by atoms with E-state index in [1.807, 2.05) is 12.3 Å². The second-order valence-electron chi connectivity index (χ2n) is 11.6. The third kappa shape index (κ3) is 4.07. The van der Waals surface area contributed by atoms with Crippen LogP contribution >= 0.6 is 0 Å². The lowest BCUT2D eigenvalue weighted by molar-refractivity contribution is 1.14. The van der Waals surface area contributed by atoms with E-state index >= 15 is 0 Å². The molecule has 0 bridgehead atoms. The summed E-state index contributed by atoms with van der Waals surface area (Å²) < 4.78 is 2.26. The fourth-order valence-electron chi connectivity index (χ4n) is 7.05. The van der Waals surface area contributed by atoms with Crippen molar-refractivity contribution in [2.45, 2.75) is 0 Å². The van der Waals surface area contributed by atoms with Crippen molar-refractivity contribution in [1.82, 2.24) is 9.55 Å².